The lowest BCUT2D eigenvalue weighted by molar-refractivity contribution is -0.143. The largest absolute Gasteiger partial charge is 0.466 e. The first-order valence-corrected chi connectivity index (χ1v) is 9.55. The number of carbonyl (C=O) groups excluding carboxylic acids is 1. The number of esters is 1. The van der Waals surface area contributed by atoms with E-state index in [1.807, 2.05) is 0 Å². The van der Waals surface area contributed by atoms with Crippen LogP contribution in [-0.2, 0) is 14.3 Å². The van der Waals surface area contributed by atoms with Gasteiger partial charge in [0.25, 0.3) is 0 Å². The topological polar surface area (TPSA) is 38.8 Å². The molecule has 0 aliphatic carbocycles. The summed E-state index contributed by atoms with van der Waals surface area (Å²) in [6, 6.07) is 0. The number of hydrogen-bond acceptors (Lipinski definition) is 3. The molecule has 1 fully saturated rings. The van der Waals surface area contributed by atoms with Crippen molar-refractivity contribution in [1.29, 1.82) is 0 Å². The molecule has 130 valence electrons. The molecule has 2 atom stereocenters. The summed E-state index contributed by atoms with van der Waals surface area (Å²) in [5.41, 5.74) is 0. The molecule has 1 heterocycles. The van der Waals surface area contributed by atoms with Crippen LogP contribution >= 0.6 is 0 Å². The van der Waals surface area contributed by atoms with Crippen molar-refractivity contribution in [3.63, 3.8) is 0 Å². The van der Waals surface area contributed by atoms with Crippen molar-refractivity contribution in [2.75, 3.05) is 6.61 Å². The predicted molar refractivity (Wildman–Crippen MR) is 91.0 cm³/mol. The molecule has 1 aliphatic rings. The van der Waals surface area contributed by atoms with Crippen LogP contribution in [0, 0.1) is 0 Å². The first-order chi connectivity index (χ1) is 10.7. The summed E-state index contributed by atoms with van der Waals surface area (Å²) in [5, 5.41) is 0. The Morgan fingerprint density at radius 1 is 0.909 bits per heavy atom. The van der Waals surface area contributed by atoms with E-state index in [2.05, 4.69) is 13.8 Å². The van der Waals surface area contributed by atoms with Gasteiger partial charge in [-0.25, -0.2) is 0 Å². The van der Waals surface area contributed by atoms with Gasteiger partial charge in [-0.05, 0) is 26.2 Å². The summed E-state index contributed by atoms with van der Waals surface area (Å²) in [6.45, 7) is 4.98. The Morgan fingerprint density at radius 3 is 2.18 bits per heavy atom. The van der Waals surface area contributed by atoms with Gasteiger partial charge in [0.15, 0.2) is 0 Å². The van der Waals surface area contributed by atoms with Gasteiger partial charge >= 0.3 is 5.97 Å². The van der Waals surface area contributed by atoms with Gasteiger partial charge in [0.2, 0.25) is 0 Å². The van der Waals surface area contributed by atoms with Crippen LogP contribution in [0.1, 0.15) is 97.3 Å². The van der Waals surface area contributed by atoms with Gasteiger partial charge in [-0.2, -0.15) is 0 Å². The molecule has 22 heavy (non-hydrogen) atoms. The van der Waals surface area contributed by atoms with Crippen LogP contribution < -0.4 is 0 Å². The predicted octanol–water partition coefficient (Wildman–Crippen LogP) is 5.41. The molecule has 1 aliphatic heterocycles. The molecule has 3 heteroatoms. The number of hydrogen-bond donors (Lipinski definition) is 0. The summed E-state index contributed by atoms with van der Waals surface area (Å²) in [6.07, 6.45) is 16.1. The Balaban J connectivity index is 1.73. The van der Waals surface area contributed by atoms with Gasteiger partial charge in [0.05, 0.1) is 18.8 Å². The second kappa shape index (κ2) is 12.9. The molecule has 0 N–H and O–H groups in total. The zero-order valence-corrected chi connectivity index (χ0v) is 14.8. The van der Waals surface area contributed by atoms with E-state index in [4.69, 9.17) is 9.47 Å². The Kier molecular flexibility index (Phi) is 11.4. The van der Waals surface area contributed by atoms with Crippen LogP contribution in [0.25, 0.3) is 0 Å². The van der Waals surface area contributed by atoms with Crippen LogP contribution in [-0.4, -0.2) is 24.8 Å². The molecule has 0 saturated carbocycles. The van der Waals surface area contributed by atoms with Crippen molar-refractivity contribution in [1.82, 2.24) is 0 Å². The van der Waals surface area contributed by atoms with E-state index in [9.17, 15) is 4.79 Å². The summed E-state index contributed by atoms with van der Waals surface area (Å²) in [7, 11) is 0. The lowest BCUT2D eigenvalue weighted by atomic mass is 10.1. The molecule has 0 amide bonds. The van der Waals surface area contributed by atoms with Gasteiger partial charge in [-0.3, -0.25) is 4.79 Å². The van der Waals surface area contributed by atoms with Crippen LogP contribution in [0.2, 0.25) is 0 Å². The second-order valence-electron chi connectivity index (χ2n) is 6.67. The van der Waals surface area contributed by atoms with Crippen molar-refractivity contribution in [3.8, 4) is 0 Å². The third kappa shape index (κ3) is 11.1. The molecule has 2 unspecified atom stereocenters. The van der Waals surface area contributed by atoms with E-state index < -0.39 is 0 Å². The zero-order chi connectivity index (χ0) is 16.0. The highest BCUT2D eigenvalue weighted by atomic mass is 16.6. The van der Waals surface area contributed by atoms with Gasteiger partial charge in [0.1, 0.15) is 0 Å². The van der Waals surface area contributed by atoms with Crippen LogP contribution in [0.4, 0.5) is 0 Å². The fraction of sp³-hybridized carbons (Fsp3) is 0.947. The molecule has 1 saturated heterocycles. The highest BCUT2D eigenvalue weighted by Crippen LogP contribution is 2.26. The van der Waals surface area contributed by atoms with E-state index >= 15 is 0 Å². The van der Waals surface area contributed by atoms with Crippen molar-refractivity contribution >= 4 is 5.97 Å². The zero-order valence-electron chi connectivity index (χ0n) is 14.8. The minimum atomic E-state index is -0.00577. The summed E-state index contributed by atoms with van der Waals surface area (Å²) in [5.74, 6) is -0.00577. The molecule has 0 aromatic rings. The Labute approximate surface area is 137 Å². The van der Waals surface area contributed by atoms with Gasteiger partial charge in [0, 0.05) is 6.42 Å². The Morgan fingerprint density at radius 2 is 1.50 bits per heavy atom. The normalized spacial score (nSPS) is 20.1. The molecule has 3 nitrogen and oxygen atoms in total. The number of epoxide rings is 1. The number of carbonyl (C=O) groups is 1. The summed E-state index contributed by atoms with van der Waals surface area (Å²) < 4.78 is 10.7. The quantitative estimate of drug-likeness (QED) is 0.230. The van der Waals surface area contributed by atoms with Gasteiger partial charge in [-0.1, -0.05) is 64.7 Å². The standard InChI is InChI=1S/C19H36O3/c1-3-4-5-6-10-13-16-21-19(20)15-12-9-7-8-11-14-18-17(2)22-18/h17-18H,3-16H2,1-2H3. The van der Waals surface area contributed by atoms with Crippen LogP contribution in [0.15, 0.2) is 0 Å². The monoisotopic (exact) mass is 312 g/mol. The maximum Gasteiger partial charge on any atom is 0.305 e. The average molecular weight is 312 g/mol. The maximum absolute atomic E-state index is 11.6. The highest BCUT2D eigenvalue weighted by Gasteiger charge is 2.32. The smallest absolute Gasteiger partial charge is 0.305 e. The lowest BCUT2D eigenvalue weighted by Crippen LogP contribution is -2.05. The first-order valence-electron chi connectivity index (χ1n) is 9.55. The molecule has 0 aromatic heterocycles. The van der Waals surface area contributed by atoms with Crippen LogP contribution in [0.5, 0.6) is 0 Å². The van der Waals surface area contributed by atoms with Crippen LogP contribution in [0.3, 0.4) is 0 Å². The van der Waals surface area contributed by atoms with Crippen molar-refractivity contribution in [2.24, 2.45) is 0 Å². The molecule has 0 aromatic carbocycles. The molecule has 0 bridgehead atoms. The maximum atomic E-state index is 11.6. The second-order valence-corrected chi connectivity index (χ2v) is 6.67. The third-order valence-electron chi connectivity index (χ3n) is 4.47. The van der Waals surface area contributed by atoms with E-state index in [1.165, 1.54) is 57.8 Å². The molecular formula is C19H36O3. The van der Waals surface area contributed by atoms with E-state index in [1.54, 1.807) is 0 Å². The molecule has 0 radical (unpaired) electrons. The Bertz CT molecular complexity index is 278. The van der Waals surface area contributed by atoms with E-state index in [0.717, 1.165) is 19.3 Å². The number of rotatable bonds is 15. The minimum absolute atomic E-state index is 0.00577. The summed E-state index contributed by atoms with van der Waals surface area (Å²) in [4.78, 5) is 11.6. The van der Waals surface area contributed by atoms with E-state index in [0.29, 0.717) is 25.2 Å². The fourth-order valence-corrected chi connectivity index (χ4v) is 2.82. The molecular weight excluding hydrogens is 276 g/mol. The average Bonchev–Trinajstić information content (AvgIpc) is 3.21. The van der Waals surface area contributed by atoms with Crippen molar-refractivity contribution in [3.05, 3.63) is 0 Å². The first kappa shape index (κ1) is 19.5. The van der Waals surface area contributed by atoms with Crippen molar-refractivity contribution in [2.45, 2.75) is 110 Å². The van der Waals surface area contributed by atoms with E-state index in [-0.39, 0.29) is 5.97 Å². The SMILES string of the molecule is CCCCCCCCOC(=O)CCCCCCCC1OC1C. The highest BCUT2D eigenvalue weighted by molar-refractivity contribution is 5.69. The van der Waals surface area contributed by atoms with Gasteiger partial charge in [-0.15, -0.1) is 0 Å². The molecule has 0 spiro atoms. The summed E-state index contributed by atoms with van der Waals surface area (Å²) >= 11 is 0. The Hall–Kier alpha value is -0.570. The fourth-order valence-electron chi connectivity index (χ4n) is 2.82. The number of ether oxygens (including phenoxy) is 2. The number of unbranched alkanes of at least 4 members (excludes halogenated alkanes) is 9. The van der Waals surface area contributed by atoms with Gasteiger partial charge < -0.3 is 9.47 Å². The lowest BCUT2D eigenvalue weighted by Gasteiger charge is -2.05. The third-order valence-corrected chi connectivity index (χ3v) is 4.47. The molecule has 1 rings (SSSR count). The minimum Gasteiger partial charge on any atom is -0.466 e. The van der Waals surface area contributed by atoms with Crippen molar-refractivity contribution < 1.29 is 14.3 Å².